The molecule has 3 N–H and O–H groups in total. The zero-order chi connectivity index (χ0) is 21.1. The predicted molar refractivity (Wildman–Crippen MR) is 118 cm³/mol. The molecule has 154 valence electrons. The lowest BCUT2D eigenvalue weighted by Gasteiger charge is -2.18. The zero-order valence-electron chi connectivity index (χ0n) is 17.1. The van der Waals surface area contributed by atoms with Crippen LogP contribution in [0.4, 0.5) is 5.95 Å². The van der Waals surface area contributed by atoms with E-state index in [-0.39, 0.29) is 11.8 Å². The van der Waals surface area contributed by atoms with Gasteiger partial charge in [0.1, 0.15) is 6.04 Å². The smallest absolute Gasteiger partial charge is 0.249 e. The highest BCUT2D eigenvalue weighted by Gasteiger charge is 2.23. The highest BCUT2D eigenvalue weighted by Crippen LogP contribution is 2.22. The van der Waals surface area contributed by atoms with E-state index in [0.29, 0.717) is 12.4 Å². The van der Waals surface area contributed by atoms with Gasteiger partial charge < -0.3 is 14.9 Å². The molecule has 0 spiro atoms. The Morgan fingerprint density at radius 3 is 2.70 bits per heavy atom. The first-order valence-corrected chi connectivity index (χ1v) is 10.1. The second kappa shape index (κ2) is 8.41. The van der Waals surface area contributed by atoms with Crippen LogP contribution in [-0.2, 0) is 22.6 Å². The molecule has 0 aliphatic heterocycles. The van der Waals surface area contributed by atoms with Crippen LogP contribution in [-0.4, -0.2) is 32.4 Å². The average Bonchev–Trinajstić information content (AvgIpc) is 3.29. The highest BCUT2D eigenvalue weighted by molar-refractivity contribution is 5.98. The summed E-state index contributed by atoms with van der Waals surface area (Å²) in [5.41, 5.74) is 3.78. The number of nitrogens with one attached hydrogen (secondary N) is 3. The predicted octanol–water partition coefficient (Wildman–Crippen LogP) is 3.61. The van der Waals surface area contributed by atoms with Gasteiger partial charge in [-0.3, -0.25) is 14.9 Å². The highest BCUT2D eigenvalue weighted by atomic mass is 16.2. The molecule has 30 heavy (non-hydrogen) atoms. The molecule has 0 saturated heterocycles. The molecule has 0 aliphatic rings. The van der Waals surface area contributed by atoms with Crippen molar-refractivity contribution in [1.29, 1.82) is 0 Å². The molecule has 2 amide bonds. The first-order valence-electron chi connectivity index (χ1n) is 10.1. The van der Waals surface area contributed by atoms with Crippen molar-refractivity contribution in [2.75, 3.05) is 5.32 Å². The third-order valence-corrected chi connectivity index (χ3v) is 5.13. The molecule has 2 aromatic heterocycles. The van der Waals surface area contributed by atoms with Crippen molar-refractivity contribution in [3.63, 3.8) is 0 Å². The number of aromatic amines is 1. The van der Waals surface area contributed by atoms with Crippen molar-refractivity contribution < 1.29 is 9.59 Å². The van der Waals surface area contributed by atoms with Crippen molar-refractivity contribution in [2.24, 2.45) is 0 Å². The minimum atomic E-state index is -0.711. The Labute approximate surface area is 174 Å². The van der Waals surface area contributed by atoms with Crippen LogP contribution >= 0.6 is 0 Å². The number of anilines is 1. The normalized spacial score (nSPS) is 12.2. The topological polar surface area (TPSA) is 91.8 Å². The van der Waals surface area contributed by atoms with E-state index >= 15 is 0 Å². The second-order valence-electron chi connectivity index (χ2n) is 7.38. The first-order chi connectivity index (χ1) is 14.6. The molecule has 0 radical (unpaired) electrons. The number of benzene rings is 2. The van der Waals surface area contributed by atoms with Gasteiger partial charge in [0, 0.05) is 37.0 Å². The molecule has 0 fully saturated rings. The van der Waals surface area contributed by atoms with E-state index in [1.807, 2.05) is 59.3 Å². The van der Waals surface area contributed by atoms with Crippen LogP contribution in [0.2, 0.25) is 0 Å². The summed E-state index contributed by atoms with van der Waals surface area (Å²) in [7, 11) is 0. The lowest BCUT2D eigenvalue weighted by atomic mass is 10.0. The monoisotopic (exact) mass is 403 g/mol. The number of para-hydroxylation sites is 3. The summed E-state index contributed by atoms with van der Waals surface area (Å²) >= 11 is 0. The molecular weight excluding hydrogens is 378 g/mol. The van der Waals surface area contributed by atoms with Gasteiger partial charge in [0.15, 0.2) is 0 Å². The molecule has 0 bridgehead atoms. The number of aromatic nitrogens is 3. The quantitative estimate of drug-likeness (QED) is 0.440. The summed E-state index contributed by atoms with van der Waals surface area (Å²) in [6.45, 7) is 4.24. The number of hydrogen-bond acceptors (Lipinski definition) is 3. The molecular formula is C23H25N5O2. The van der Waals surface area contributed by atoms with Crippen molar-refractivity contribution in [3.05, 3.63) is 60.3 Å². The Balaban J connectivity index is 1.62. The Hall–Kier alpha value is -3.61. The fourth-order valence-electron chi connectivity index (χ4n) is 3.79. The number of imidazole rings is 1. The molecule has 0 unspecified atom stereocenters. The van der Waals surface area contributed by atoms with Crippen LogP contribution in [0.1, 0.15) is 25.8 Å². The van der Waals surface area contributed by atoms with Crippen LogP contribution in [0.25, 0.3) is 21.9 Å². The maximum absolute atomic E-state index is 13.2. The van der Waals surface area contributed by atoms with Crippen molar-refractivity contribution in [2.45, 2.75) is 39.3 Å². The number of aryl methyl sites for hydroxylation is 1. The van der Waals surface area contributed by atoms with E-state index in [4.69, 9.17) is 0 Å². The van der Waals surface area contributed by atoms with Crippen LogP contribution in [0.3, 0.4) is 0 Å². The number of carbonyl (C=O) groups excluding carboxylic acids is 2. The summed E-state index contributed by atoms with van der Waals surface area (Å²) in [6.07, 6.45) is 3.18. The summed E-state index contributed by atoms with van der Waals surface area (Å²) in [4.78, 5) is 32.8. The number of hydrogen-bond donors (Lipinski definition) is 3. The van der Waals surface area contributed by atoms with E-state index in [2.05, 4.69) is 27.5 Å². The van der Waals surface area contributed by atoms with E-state index in [1.165, 1.54) is 6.92 Å². The molecule has 7 heteroatoms. The average molecular weight is 403 g/mol. The standard InChI is InChI=1S/C23H25N5O2/c1-3-12-28-21-11-7-6-10-19(21)26-23(28)27-22(30)20(25-15(2)29)13-16-14-24-18-9-5-4-8-17(16)18/h4-11,14,20,24H,3,12-13H2,1-2H3,(H,25,29)(H,26,27,30)/t20-/m1/s1. The lowest BCUT2D eigenvalue weighted by Crippen LogP contribution is -2.44. The Morgan fingerprint density at radius 1 is 1.13 bits per heavy atom. The number of H-pyrrole nitrogens is 1. The number of fused-ring (bicyclic) bond motifs is 2. The molecule has 0 aliphatic carbocycles. The minimum Gasteiger partial charge on any atom is -0.361 e. The zero-order valence-corrected chi connectivity index (χ0v) is 17.1. The van der Waals surface area contributed by atoms with Gasteiger partial charge >= 0.3 is 0 Å². The number of nitrogens with zero attached hydrogens (tertiary/aromatic N) is 2. The van der Waals surface area contributed by atoms with E-state index < -0.39 is 6.04 Å². The second-order valence-corrected chi connectivity index (χ2v) is 7.38. The van der Waals surface area contributed by atoms with Gasteiger partial charge in [0.2, 0.25) is 17.8 Å². The fourth-order valence-corrected chi connectivity index (χ4v) is 3.79. The first kappa shape index (κ1) is 19.7. The van der Waals surface area contributed by atoms with Crippen LogP contribution in [0.15, 0.2) is 54.7 Å². The maximum Gasteiger partial charge on any atom is 0.249 e. The van der Waals surface area contributed by atoms with Gasteiger partial charge in [-0.1, -0.05) is 37.3 Å². The molecule has 0 saturated carbocycles. The van der Waals surface area contributed by atoms with Crippen LogP contribution in [0, 0.1) is 0 Å². The van der Waals surface area contributed by atoms with Gasteiger partial charge in [-0.05, 0) is 30.2 Å². The summed E-state index contributed by atoms with van der Waals surface area (Å²) in [6, 6.07) is 15.0. The van der Waals surface area contributed by atoms with Crippen LogP contribution in [0.5, 0.6) is 0 Å². The Kier molecular flexibility index (Phi) is 5.52. The van der Waals surface area contributed by atoms with Gasteiger partial charge in [-0.2, -0.15) is 0 Å². The molecule has 7 nitrogen and oxygen atoms in total. The number of amides is 2. The molecule has 2 heterocycles. The third-order valence-electron chi connectivity index (χ3n) is 5.13. The van der Waals surface area contributed by atoms with Crippen molar-refractivity contribution in [1.82, 2.24) is 19.9 Å². The molecule has 4 rings (SSSR count). The largest absolute Gasteiger partial charge is 0.361 e. The van der Waals surface area contributed by atoms with E-state index in [9.17, 15) is 9.59 Å². The van der Waals surface area contributed by atoms with Crippen LogP contribution < -0.4 is 10.6 Å². The number of carbonyl (C=O) groups is 2. The van der Waals surface area contributed by atoms with Gasteiger partial charge in [-0.25, -0.2) is 4.98 Å². The van der Waals surface area contributed by atoms with Gasteiger partial charge in [0.05, 0.1) is 11.0 Å². The molecule has 2 aromatic carbocycles. The van der Waals surface area contributed by atoms with Gasteiger partial charge in [0.25, 0.3) is 0 Å². The number of rotatable bonds is 7. The lowest BCUT2D eigenvalue weighted by molar-refractivity contribution is -0.125. The fraction of sp³-hybridized carbons (Fsp3) is 0.261. The van der Waals surface area contributed by atoms with E-state index in [0.717, 1.165) is 40.5 Å². The molecule has 1 atom stereocenters. The Bertz CT molecular complexity index is 1210. The van der Waals surface area contributed by atoms with Gasteiger partial charge in [-0.15, -0.1) is 0 Å². The molecule has 4 aromatic rings. The Morgan fingerprint density at radius 2 is 1.90 bits per heavy atom. The SMILES string of the molecule is CCCn1c(NC(=O)[C@@H](Cc2c[nH]c3ccccc23)NC(C)=O)nc2ccccc21. The summed E-state index contributed by atoms with van der Waals surface area (Å²) in [5, 5.41) is 6.77. The van der Waals surface area contributed by atoms with Crippen molar-refractivity contribution >= 4 is 39.7 Å². The third kappa shape index (κ3) is 3.91. The van der Waals surface area contributed by atoms with E-state index in [1.54, 1.807) is 0 Å². The summed E-state index contributed by atoms with van der Waals surface area (Å²) < 4.78 is 2.00. The maximum atomic E-state index is 13.2. The minimum absolute atomic E-state index is 0.253. The summed E-state index contributed by atoms with van der Waals surface area (Å²) in [5.74, 6) is -0.0440. The van der Waals surface area contributed by atoms with Crippen molar-refractivity contribution in [3.8, 4) is 0 Å².